The van der Waals surface area contributed by atoms with E-state index in [1.165, 1.54) is 0 Å². The maximum Gasteiger partial charge on any atom is 0.255 e. The summed E-state index contributed by atoms with van der Waals surface area (Å²) in [7, 11) is 1.88. The molecule has 21 heavy (non-hydrogen) atoms. The van der Waals surface area contributed by atoms with E-state index >= 15 is 0 Å². The molecular formula is C17H17N3O. The lowest BCUT2D eigenvalue weighted by Gasteiger charge is -2.10. The lowest BCUT2D eigenvalue weighted by atomic mass is 10.0. The number of amides is 1. The molecule has 0 atom stereocenters. The Morgan fingerprint density at radius 3 is 2.76 bits per heavy atom. The van der Waals surface area contributed by atoms with Gasteiger partial charge in [0.05, 0.1) is 11.6 Å². The number of anilines is 1. The van der Waals surface area contributed by atoms with Gasteiger partial charge in [0.2, 0.25) is 0 Å². The molecule has 4 heteroatoms. The Morgan fingerprint density at radius 2 is 2.00 bits per heavy atom. The van der Waals surface area contributed by atoms with Crippen molar-refractivity contribution in [2.45, 2.75) is 6.42 Å². The van der Waals surface area contributed by atoms with Crippen molar-refractivity contribution >= 4 is 11.6 Å². The van der Waals surface area contributed by atoms with Crippen LogP contribution in [0.5, 0.6) is 0 Å². The number of benzene rings is 2. The fourth-order valence-electron chi connectivity index (χ4n) is 2.08. The molecule has 0 fully saturated rings. The molecule has 106 valence electrons. The van der Waals surface area contributed by atoms with E-state index in [1.807, 2.05) is 31.3 Å². The predicted octanol–water partition coefficient (Wildman–Crippen LogP) is 2.57. The summed E-state index contributed by atoms with van der Waals surface area (Å²) in [5.41, 5.74) is 2.81. The van der Waals surface area contributed by atoms with Crippen LogP contribution in [-0.2, 0) is 6.42 Å². The number of nitrogens with one attached hydrogen (secondary N) is 2. The van der Waals surface area contributed by atoms with Gasteiger partial charge in [0.1, 0.15) is 0 Å². The minimum atomic E-state index is -0.156. The molecule has 0 spiro atoms. The van der Waals surface area contributed by atoms with Gasteiger partial charge in [-0.1, -0.05) is 24.3 Å². The highest BCUT2D eigenvalue weighted by atomic mass is 16.1. The second kappa shape index (κ2) is 7.22. The lowest BCUT2D eigenvalue weighted by Crippen LogP contribution is -2.17. The average molecular weight is 279 g/mol. The molecule has 0 bridgehead atoms. The summed E-state index contributed by atoms with van der Waals surface area (Å²) in [6.45, 7) is 0.814. The molecule has 2 rings (SSSR count). The van der Waals surface area contributed by atoms with E-state index in [0.29, 0.717) is 16.8 Å². The van der Waals surface area contributed by atoms with E-state index in [9.17, 15) is 4.79 Å². The molecule has 1 amide bonds. The van der Waals surface area contributed by atoms with Gasteiger partial charge in [0.15, 0.2) is 0 Å². The summed E-state index contributed by atoms with van der Waals surface area (Å²) in [5.74, 6) is -0.156. The van der Waals surface area contributed by atoms with Gasteiger partial charge in [0, 0.05) is 11.3 Å². The molecule has 0 saturated carbocycles. The highest BCUT2D eigenvalue weighted by Crippen LogP contribution is 2.14. The van der Waals surface area contributed by atoms with Crippen LogP contribution < -0.4 is 10.6 Å². The van der Waals surface area contributed by atoms with E-state index in [0.717, 1.165) is 18.5 Å². The zero-order chi connectivity index (χ0) is 15.1. The van der Waals surface area contributed by atoms with Crippen molar-refractivity contribution in [2.75, 3.05) is 18.9 Å². The van der Waals surface area contributed by atoms with Crippen LogP contribution in [0.25, 0.3) is 0 Å². The minimum absolute atomic E-state index is 0.156. The van der Waals surface area contributed by atoms with Crippen molar-refractivity contribution in [2.24, 2.45) is 0 Å². The van der Waals surface area contributed by atoms with Gasteiger partial charge in [0.25, 0.3) is 5.91 Å². The van der Waals surface area contributed by atoms with Crippen LogP contribution >= 0.6 is 0 Å². The minimum Gasteiger partial charge on any atom is -0.322 e. The lowest BCUT2D eigenvalue weighted by molar-refractivity contribution is 0.102. The van der Waals surface area contributed by atoms with Crippen LogP contribution in [0.15, 0.2) is 48.5 Å². The first-order chi connectivity index (χ1) is 10.2. The van der Waals surface area contributed by atoms with Crippen LogP contribution in [-0.4, -0.2) is 19.5 Å². The largest absolute Gasteiger partial charge is 0.322 e. The Morgan fingerprint density at radius 1 is 1.19 bits per heavy atom. The summed E-state index contributed by atoms with van der Waals surface area (Å²) >= 11 is 0. The zero-order valence-electron chi connectivity index (χ0n) is 11.9. The molecule has 0 aliphatic heterocycles. The smallest absolute Gasteiger partial charge is 0.255 e. The third-order valence-electron chi connectivity index (χ3n) is 3.16. The number of hydrogen-bond acceptors (Lipinski definition) is 3. The normalized spacial score (nSPS) is 9.90. The molecule has 0 radical (unpaired) electrons. The number of nitrogens with zero attached hydrogens (tertiary/aromatic N) is 1. The van der Waals surface area contributed by atoms with E-state index in [-0.39, 0.29) is 5.91 Å². The van der Waals surface area contributed by atoms with Crippen LogP contribution in [0.1, 0.15) is 21.5 Å². The van der Waals surface area contributed by atoms with E-state index in [1.54, 1.807) is 24.3 Å². The summed E-state index contributed by atoms with van der Waals surface area (Å²) in [5, 5.41) is 14.8. The molecule has 2 aromatic rings. The summed E-state index contributed by atoms with van der Waals surface area (Å²) in [6.07, 6.45) is 0.790. The molecule has 0 heterocycles. The van der Waals surface area contributed by atoms with Crippen molar-refractivity contribution in [1.82, 2.24) is 5.32 Å². The Labute approximate surface area is 124 Å². The average Bonchev–Trinajstić information content (AvgIpc) is 2.53. The summed E-state index contributed by atoms with van der Waals surface area (Å²) in [6, 6.07) is 16.5. The number of rotatable bonds is 5. The first-order valence-corrected chi connectivity index (χ1v) is 6.78. The van der Waals surface area contributed by atoms with Gasteiger partial charge in [-0.15, -0.1) is 0 Å². The Bertz CT molecular complexity index is 674. The monoisotopic (exact) mass is 279 g/mol. The summed E-state index contributed by atoms with van der Waals surface area (Å²) in [4.78, 5) is 12.4. The Balaban J connectivity index is 2.18. The Hall–Kier alpha value is -2.64. The van der Waals surface area contributed by atoms with Gasteiger partial charge in [-0.2, -0.15) is 5.26 Å². The number of carbonyl (C=O) groups excluding carboxylic acids is 1. The van der Waals surface area contributed by atoms with Gasteiger partial charge < -0.3 is 10.6 Å². The first kappa shape index (κ1) is 14.8. The second-order valence-corrected chi connectivity index (χ2v) is 4.66. The fraction of sp³-hybridized carbons (Fsp3) is 0.176. The number of likely N-dealkylation sites (N-methyl/N-ethyl adjacent to an activating group) is 1. The number of nitriles is 1. The van der Waals surface area contributed by atoms with Crippen molar-refractivity contribution in [1.29, 1.82) is 5.26 Å². The van der Waals surface area contributed by atoms with E-state index < -0.39 is 0 Å². The molecule has 0 saturated heterocycles. The second-order valence-electron chi connectivity index (χ2n) is 4.66. The molecule has 2 aromatic carbocycles. The fourth-order valence-corrected chi connectivity index (χ4v) is 2.08. The highest BCUT2D eigenvalue weighted by Gasteiger charge is 2.10. The first-order valence-electron chi connectivity index (χ1n) is 6.78. The zero-order valence-corrected chi connectivity index (χ0v) is 11.9. The number of hydrogen-bond donors (Lipinski definition) is 2. The van der Waals surface area contributed by atoms with E-state index in [4.69, 9.17) is 5.26 Å². The molecule has 2 N–H and O–H groups in total. The van der Waals surface area contributed by atoms with Gasteiger partial charge in [-0.05, 0) is 49.8 Å². The molecule has 0 aromatic heterocycles. The Kier molecular flexibility index (Phi) is 5.08. The van der Waals surface area contributed by atoms with Crippen molar-refractivity contribution < 1.29 is 4.79 Å². The van der Waals surface area contributed by atoms with Crippen LogP contribution in [0.3, 0.4) is 0 Å². The third kappa shape index (κ3) is 3.91. The van der Waals surface area contributed by atoms with E-state index in [2.05, 4.69) is 16.7 Å². The maximum absolute atomic E-state index is 12.4. The van der Waals surface area contributed by atoms with Crippen LogP contribution in [0.4, 0.5) is 5.69 Å². The summed E-state index contributed by atoms with van der Waals surface area (Å²) < 4.78 is 0. The van der Waals surface area contributed by atoms with Crippen molar-refractivity contribution in [3.8, 4) is 6.07 Å². The molecule has 0 aliphatic carbocycles. The molecule has 4 nitrogen and oxygen atoms in total. The van der Waals surface area contributed by atoms with Crippen molar-refractivity contribution in [3.05, 3.63) is 65.2 Å². The topological polar surface area (TPSA) is 64.9 Å². The SMILES string of the molecule is CNCCc1ccccc1C(=O)Nc1cccc(C#N)c1. The van der Waals surface area contributed by atoms with Crippen LogP contribution in [0, 0.1) is 11.3 Å². The third-order valence-corrected chi connectivity index (χ3v) is 3.16. The molecular weight excluding hydrogens is 262 g/mol. The van der Waals surface area contributed by atoms with Gasteiger partial charge >= 0.3 is 0 Å². The predicted molar refractivity (Wildman–Crippen MR) is 83.2 cm³/mol. The molecule has 0 aliphatic rings. The van der Waals surface area contributed by atoms with Crippen molar-refractivity contribution in [3.63, 3.8) is 0 Å². The van der Waals surface area contributed by atoms with Gasteiger partial charge in [-0.3, -0.25) is 4.79 Å². The maximum atomic E-state index is 12.4. The van der Waals surface area contributed by atoms with Crippen LogP contribution in [0.2, 0.25) is 0 Å². The standard InChI is InChI=1S/C17H17N3O/c1-19-10-9-14-6-2-3-8-16(14)17(21)20-15-7-4-5-13(11-15)12-18/h2-8,11,19H,9-10H2,1H3,(H,20,21). The number of carbonyl (C=O) groups is 1. The van der Waals surface area contributed by atoms with Gasteiger partial charge in [-0.25, -0.2) is 0 Å². The molecule has 0 unspecified atom stereocenters. The quantitative estimate of drug-likeness (QED) is 0.884. The highest BCUT2D eigenvalue weighted by molar-refractivity contribution is 6.05.